The van der Waals surface area contributed by atoms with E-state index < -0.39 is 0 Å². The van der Waals surface area contributed by atoms with Crippen LogP contribution in [0.2, 0.25) is 0 Å². The van der Waals surface area contributed by atoms with Gasteiger partial charge in [0, 0.05) is 0 Å². The first-order valence-corrected chi connectivity index (χ1v) is 9.54. The Bertz CT molecular complexity index is 450. The lowest BCUT2D eigenvalue weighted by Gasteiger charge is -2.12. The maximum Gasteiger partial charge on any atom is -0.00369 e. The molecule has 2 heteroatoms. The van der Waals surface area contributed by atoms with E-state index in [9.17, 15) is 0 Å². The van der Waals surface area contributed by atoms with Crippen molar-refractivity contribution in [2.75, 3.05) is 19.6 Å². The van der Waals surface area contributed by atoms with Crippen LogP contribution in [0.1, 0.15) is 45.1 Å². The molecule has 0 fully saturated rings. The molecule has 1 aromatic carbocycles. The van der Waals surface area contributed by atoms with E-state index in [4.69, 9.17) is 5.73 Å². The number of nitrogens with two attached hydrogens (primary N) is 1. The van der Waals surface area contributed by atoms with Gasteiger partial charge in [0.05, 0.1) is 0 Å². The fourth-order valence-corrected chi connectivity index (χ4v) is 2.60. The molecule has 0 radical (unpaired) electrons. The smallest absolute Gasteiger partial charge is 0.00369 e. The van der Waals surface area contributed by atoms with Gasteiger partial charge in [-0.1, -0.05) is 74.9 Å². The van der Waals surface area contributed by atoms with Crippen molar-refractivity contribution in [3.63, 3.8) is 0 Å². The van der Waals surface area contributed by atoms with Crippen molar-refractivity contribution in [1.29, 1.82) is 0 Å². The summed E-state index contributed by atoms with van der Waals surface area (Å²) < 4.78 is 0. The number of hydrogen-bond acceptors (Lipinski definition) is 2. The molecule has 1 aliphatic carbocycles. The van der Waals surface area contributed by atoms with E-state index in [0.29, 0.717) is 5.92 Å². The van der Waals surface area contributed by atoms with E-state index in [1.54, 1.807) is 0 Å². The van der Waals surface area contributed by atoms with Crippen molar-refractivity contribution >= 4 is 0 Å². The van der Waals surface area contributed by atoms with Gasteiger partial charge in [0.2, 0.25) is 0 Å². The van der Waals surface area contributed by atoms with Crippen LogP contribution in [0.3, 0.4) is 0 Å². The highest BCUT2D eigenvalue weighted by molar-refractivity contribution is 5.19. The third-order valence-corrected chi connectivity index (χ3v) is 4.48. The summed E-state index contributed by atoms with van der Waals surface area (Å²) in [6, 6.07) is 10.7. The topological polar surface area (TPSA) is 38.0 Å². The van der Waals surface area contributed by atoms with E-state index >= 15 is 0 Å². The van der Waals surface area contributed by atoms with Gasteiger partial charge < -0.3 is 11.1 Å². The summed E-state index contributed by atoms with van der Waals surface area (Å²) in [5.41, 5.74) is 6.79. The normalized spacial score (nSPS) is 17.2. The van der Waals surface area contributed by atoms with Gasteiger partial charge in [-0.2, -0.15) is 0 Å². The number of allylic oxidation sites excluding steroid dienone is 4. The van der Waals surface area contributed by atoms with E-state index in [1.165, 1.54) is 31.2 Å². The number of hydrogen-bond donors (Lipinski definition) is 2. The van der Waals surface area contributed by atoms with Gasteiger partial charge in [0.15, 0.2) is 0 Å². The molecule has 2 unspecified atom stereocenters. The SMILES string of the molecule is C1=CCC(Cc2ccccc2)C=C1.CCC(C)CCNCCCN. The zero-order chi connectivity index (χ0) is 17.5. The molecule has 0 saturated carbocycles. The molecule has 0 bridgehead atoms. The summed E-state index contributed by atoms with van der Waals surface area (Å²) in [6.45, 7) is 7.56. The van der Waals surface area contributed by atoms with Crippen LogP contribution in [0.25, 0.3) is 0 Å². The summed E-state index contributed by atoms with van der Waals surface area (Å²) in [6.07, 6.45) is 14.9. The van der Waals surface area contributed by atoms with Crippen molar-refractivity contribution in [2.24, 2.45) is 17.6 Å². The number of benzene rings is 1. The lowest BCUT2D eigenvalue weighted by molar-refractivity contribution is 0.486. The molecule has 0 amide bonds. The predicted octanol–water partition coefficient (Wildman–Crippen LogP) is 4.72. The molecule has 2 atom stereocenters. The molecule has 134 valence electrons. The maximum atomic E-state index is 5.36. The van der Waals surface area contributed by atoms with Crippen molar-refractivity contribution < 1.29 is 0 Å². The summed E-state index contributed by atoms with van der Waals surface area (Å²) in [5.74, 6) is 1.56. The summed E-state index contributed by atoms with van der Waals surface area (Å²) >= 11 is 0. The summed E-state index contributed by atoms with van der Waals surface area (Å²) in [5, 5.41) is 3.37. The molecule has 1 aromatic rings. The molecular weight excluding hydrogens is 292 g/mol. The van der Waals surface area contributed by atoms with Crippen LogP contribution in [0.5, 0.6) is 0 Å². The maximum absolute atomic E-state index is 5.36. The first kappa shape index (κ1) is 20.7. The lowest BCUT2D eigenvalue weighted by atomic mass is 9.93. The van der Waals surface area contributed by atoms with Crippen LogP contribution in [0.4, 0.5) is 0 Å². The molecule has 0 heterocycles. The molecule has 2 rings (SSSR count). The summed E-state index contributed by atoms with van der Waals surface area (Å²) in [4.78, 5) is 0. The molecule has 0 saturated heterocycles. The fraction of sp³-hybridized carbons (Fsp3) is 0.545. The Hall–Kier alpha value is -1.38. The second-order valence-corrected chi connectivity index (χ2v) is 6.69. The van der Waals surface area contributed by atoms with Gasteiger partial charge in [-0.3, -0.25) is 0 Å². The molecule has 0 aliphatic heterocycles. The Morgan fingerprint density at radius 2 is 1.96 bits per heavy atom. The average Bonchev–Trinajstić information content (AvgIpc) is 2.63. The first-order valence-electron chi connectivity index (χ1n) is 9.54. The Morgan fingerprint density at radius 3 is 2.58 bits per heavy atom. The quantitative estimate of drug-likeness (QED) is 0.644. The molecule has 1 aliphatic rings. The molecular formula is C22H36N2. The Morgan fingerprint density at radius 1 is 1.17 bits per heavy atom. The Labute approximate surface area is 149 Å². The van der Waals surface area contributed by atoms with Crippen LogP contribution in [-0.2, 0) is 6.42 Å². The second kappa shape index (κ2) is 14.0. The molecule has 24 heavy (non-hydrogen) atoms. The minimum Gasteiger partial charge on any atom is -0.330 e. The van der Waals surface area contributed by atoms with Gasteiger partial charge in [0.1, 0.15) is 0 Å². The zero-order valence-electron chi connectivity index (χ0n) is 15.6. The van der Waals surface area contributed by atoms with Gasteiger partial charge in [-0.05, 0) is 62.7 Å². The first-order chi connectivity index (χ1) is 11.8. The van der Waals surface area contributed by atoms with Crippen molar-refractivity contribution in [3.05, 3.63) is 60.2 Å². The standard InChI is InChI=1S/C13H14.C9H22N2/c1-3-7-12(8-4-1)11-13-9-5-2-6-10-13;1-3-9(2)5-8-11-7-4-6-10/h1-9,13H,10-11H2;9,11H,3-8,10H2,1-2H3. The van der Waals surface area contributed by atoms with Gasteiger partial charge in [0.25, 0.3) is 0 Å². The lowest BCUT2D eigenvalue weighted by Crippen LogP contribution is -2.20. The van der Waals surface area contributed by atoms with Gasteiger partial charge in [-0.15, -0.1) is 0 Å². The minimum absolute atomic E-state index is 0.701. The molecule has 0 aromatic heterocycles. The van der Waals surface area contributed by atoms with Gasteiger partial charge >= 0.3 is 0 Å². The third-order valence-electron chi connectivity index (χ3n) is 4.48. The van der Waals surface area contributed by atoms with Crippen LogP contribution < -0.4 is 11.1 Å². The van der Waals surface area contributed by atoms with Crippen molar-refractivity contribution in [1.82, 2.24) is 5.32 Å². The van der Waals surface area contributed by atoms with Crippen LogP contribution >= 0.6 is 0 Å². The molecule has 3 N–H and O–H groups in total. The second-order valence-electron chi connectivity index (χ2n) is 6.69. The van der Waals surface area contributed by atoms with Crippen LogP contribution in [0.15, 0.2) is 54.6 Å². The van der Waals surface area contributed by atoms with E-state index in [1.807, 2.05) is 0 Å². The fourth-order valence-electron chi connectivity index (χ4n) is 2.60. The zero-order valence-corrected chi connectivity index (χ0v) is 15.6. The van der Waals surface area contributed by atoms with Crippen molar-refractivity contribution in [3.8, 4) is 0 Å². The Balaban J connectivity index is 0.000000245. The predicted molar refractivity (Wildman–Crippen MR) is 107 cm³/mol. The molecule has 2 nitrogen and oxygen atoms in total. The van der Waals surface area contributed by atoms with Gasteiger partial charge in [-0.25, -0.2) is 0 Å². The minimum atomic E-state index is 0.701. The van der Waals surface area contributed by atoms with E-state index in [-0.39, 0.29) is 0 Å². The van der Waals surface area contributed by atoms with Crippen molar-refractivity contribution in [2.45, 2.75) is 46.0 Å². The van der Waals surface area contributed by atoms with E-state index in [2.05, 4.69) is 73.8 Å². The highest BCUT2D eigenvalue weighted by Gasteiger charge is 2.05. The van der Waals surface area contributed by atoms with E-state index in [0.717, 1.165) is 32.0 Å². The highest BCUT2D eigenvalue weighted by atomic mass is 14.8. The molecule has 0 spiro atoms. The van der Waals surface area contributed by atoms with Crippen LogP contribution in [0, 0.1) is 11.8 Å². The Kier molecular flexibility index (Phi) is 12.1. The number of rotatable bonds is 9. The largest absolute Gasteiger partial charge is 0.330 e. The highest BCUT2D eigenvalue weighted by Crippen LogP contribution is 2.17. The summed E-state index contributed by atoms with van der Waals surface area (Å²) in [7, 11) is 0. The monoisotopic (exact) mass is 328 g/mol. The van der Waals surface area contributed by atoms with Crippen LogP contribution in [-0.4, -0.2) is 19.6 Å². The third kappa shape index (κ3) is 10.4. The average molecular weight is 329 g/mol. The number of nitrogens with one attached hydrogen (secondary N) is 1.